The van der Waals surface area contributed by atoms with Crippen molar-refractivity contribution in [2.24, 2.45) is 11.3 Å². The van der Waals surface area contributed by atoms with Crippen LogP contribution in [0.25, 0.3) is 0 Å². The van der Waals surface area contributed by atoms with Crippen molar-refractivity contribution in [2.75, 3.05) is 48.7 Å². The van der Waals surface area contributed by atoms with Crippen LogP contribution in [0.1, 0.15) is 51.9 Å². The topological polar surface area (TPSA) is 87.4 Å². The molecule has 3 heterocycles. The Labute approximate surface area is 161 Å². The molecule has 0 aromatic carbocycles. The lowest BCUT2D eigenvalue weighted by Crippen LogP contribution is -2.38. The van der Waals surface area contributed by atoms with Crippen LogP contribution in [0, 0.1) is 11.3 Å². The third-order valence-corrected chi connectivity index (χ3v) is 6.56. The molecule has 0 radical (unpaired) electrons. The van der Waals surface area contributed by atoms with Crippen molar-refractivity contribution in [1.29, 1.82) is 0 Å². The maximum Gasteiger partial charge on any atom is 0.226 e. The Morgan fingerprint density at radius 1 is 1.26 bits per heavy atom. The third kappa shape index (κ3) is 3.82. The summed E-state index contributed by atoms with van der Waals surface area (Å²) < 4.78 is 0. The van der Waals surface area contributed by atoms with Gasteiger partial charge in [-0.3, -0.25) is 4.79 Å². The van der Waals surface area contributed by atoms with Crippen LogP contribution in [0.5, 0.6) is 0 Å². The summed E-state index contributed by atoms with van der Waals surface area (Å²) in [5.74, 6) is 2.70. The van der Waals surface area contributed by atoms with E-state index in [1.807, 2.05) is 6.07 Å². The SMILES string of the molecule is CCCCNc1cc(N2CCC3(CC2)CC3C(=O)N2CCCC2)nc(N)n1. The number of hydrogen-bond donors (Lipinski definition) is 2. The molecule has 1 aliphatic carbocycles. The van der Waals surface area contributed by atoms with Gasteiger partial charge in [0.1, 0.15) is 11.6 Å². The molecule has 1 unspecified atom stereocenters. The number of unbranched alkanes of at least 4 members (excludes halogenated alkanes) is 1. The largest absolute Gasteiger partial charge is 0.370 e. The van der Waals surface area contributed by atoms with E-state index in [0.29, 0.717) is 11.9 Å². The molecule has 148 valence electrons. The van der Waals surface area contributed by atoms with E-state index in [4.69, 9.17) is 5.73 Å². The summed E-state index contributed by atoms with van der Waals surface area (Å²) in [6.07, 6.45) is 7.81. The molecule has 3 aliphatic rings. The van der Waals surface area contributed by atoms with E-state index < -0.39 is 0 Å². The third-order valence-electron chi connectivity index (χ3n) is 6.56. The van der Waals surface area contributed by atoms with Gasteiger partial charge in [0.05, 0.1) is 0 Å². The number of nitrogens with two attached hydrogens (primary N) is 1. The highest BCUT2D eigenvalue weighted by Gasteiger charge is 2.59. The molecule has 27 heavy (non-hydrogen) atoms. The molecule has 2 aliphatic heterocycles. The number of aromatic nitrogens is 2. The maximum atomic E-state index is 12.7. The molecule has 1 aromatic rings. The smallest absolute Gasteiger partial charge is 0.226 e. The second kappa shape index (κ2) is 7.52. The first kappa shape index (κ1) is 18.3. The highest BCUT2D eigenvalue weighted by atomic mass is 16.2. The number of nitrogens with zero attached hydrogens (tertiary/aromatic N) is 4. The van der Waals surface area contributed by atoms with E-state index in [1.54, 1.807) is 0 Å². The van der Waals surface area contributed by atoms with Gasteiger partial charge in [-0.1, -0.05) is 13.3 Å². The lowest BCUT2D eigenvalue weighted by molar-refractivity contribution is -0.132. The van der Waals surface area contributed by atoms with Crippen molar-refractivity contribution in [2.45, 2.75) is 51.9 Å². The molecule has 1 saturated carbocycles. The number of amides is 1. The minimum atomic E-state index is 0.247. The predicted octanol–water partition coefficient (Wildman–Crippen LogP) is 2.50. The van der Waals surface area contributed by atoms with Crippen molar-refractivity contribution in [3.05, 3.63) is 6.07 Å². The summed E-state index contributed by atoms with van der Waals surface area (Å²) in [4.78, 5) is 25.8. The van der Waals surface area contributed by atoms with Gasteiger partial charge >= 0.3 is 0 Å². The number of carbonyl (C=O) groups is 1. The van der Waals surface area contributed by atoms with E-state index in [-0.39, 0.29) is 11.3 Å². The molecule has 1 atom stereocenters. The summed E-state index contributed by atoms with van der Waals surface area (Å²) in [6, 6.07) is 2.00. The quantitative estimate of drug-likeness (QED) is 0.746. The Morgan fingerprint density at radius 3 is 2.70 bits per heavy atom. The van der Waals surface area contributed by atoms with Gasteiger partial charge in [-0.25, -0.2) is 0 Å². The number of nitrogens with one attached hydrogen (secondary N) is 1. The van der Waals surface area contributed by atoms with Crippen LogP contribution in [-0.4, -0.2) is 53.5 Å². The van der Waals surface area contributed by atoms with Crippen LogP contribution in [-0.2, 0) is 4.79 Å². The Kier molecular flexibility index (Phi) is 5.10. The Hall–Kier alpha value is -2.05. The second-order valence-corrected chi connectivity index (χ2v) is 8.39. The monoisotopic (exact) mass is 372 g/mol. The first-order chi connectivity index (χ1) is 13.1. The molecule has 0 bridgehead atoms. The summed E-state index contributed by atoms with van der Waals surface area (Å²) in [6.45, 7) is 6.88. The number of nitrogen functional groups attached to an aromatic ring is 1. The van der Waals surface area contributed by atoms with Gasteiger partial charge in [0.25, 0.3) is 0 Å². The number of carbonyl (C=O) groups excluding carboxylic acids is 1. The van der Waals surface area contributed by atoms with Crippen molar-refractivity contribution in [3.63, 3.8) is 0 Å². The van der Waals surface area contributed by atoms with E-state index in [2.05, 4.69) is 32.0 Å². The van der Waals surface area contributed by atoms with Crippen LogP contribution in [0.2, 0.25) is 0 Å². The van der Waals surface area contributed by atoms with Crippen molar-refractivity contribution >= 4 is 23.5 Å². The fourth-order valence-electron chi connectivity index (χ4n) is 4.69. The minimum absolute atomic E-state index is 0.247. The molecule has 4 rings (SSSR count). The van der Waals surface area contributed by atoms with Crippen LogP contribution < -0.4 is 16.0 Å². The van der Waals surface area contributed by atoms with Crippen LogP contribution in [0.4, 0.5) is 17.6 Å². The zero-order valence-corrected chi connectivity index (χ0v) is 16.4. The lowest BCUT2D eigenvalue weighted by atomic mass is 9.90. The molecule has 1 aromatic heterocycles. The average molecular weight is 373 g/mol. The van der Waals surface area contributed by atoms with Crippen molar-refractivity contribution in [1.82, 2.24) is 14.9 Å². The van der Waals surface area contributed by atoms with Crippen molar-refractivity contribution in [3.8, 4) is 0 Å². The van der Waals surface area contributed by atoms with Crippen molar-refractivity contribution < 1.29 is 4.79 Å². The number of rotatable bonds is 6. The minimum Gasteiger partial charge on any atom is -0.370 e. The zero-order chi connectivity index (χ0) is 18.9. The number of hydrogen-bond acceptors (Lipinski definition) is 6. The first-order valence-electron chi connectivity index (χ1n) is 10.5. The number of piperidine rings is 1. The van der Waals surface area contributed by atoms with Gasteiger partial charge in [-0.05, 0) is 43.9 Å². The van der Waals surface area contributed by atoms with E-state index >= 15 is 0 Å². The van der Waals surface area contributed by atoms with E-state index in [9.17, 15) is 4.79 Å². The Balaban J connectivity index is 1.35. The fraction of sp³-hybridized carbons (Fsp3) is 0.750. The average Bonchev–Trinajstić information content (AvgIpc) is 3.10. The molecule has 7 heteroatoms. The molecule has 1 amide bonds. The predicted molar refractivity (Wildman–Crippen MR) is 108 cm³/mol. The van der Waals surface area contributed by atoms with Gasteiger partial charge in [0, 0.05) is 44.7 Å². The van der Waals surface area contributed by atoms with Gasteiger partial charge in [0.15, 0.2) is 0 Å². The molecule has 7 nitrogen and oxygen atoms in total. The molecular formula is C20H32N6O. The van der Waals surface area contributed by atoms with Gasteiger partial charge in [-0.15, -0.1) is 0 Å². The zero-order valence-electron chi connectivity index (χ0n) is 16.4. The summed E-state index contributed by atoms with van der Waals surface area (Å²) >= 11 is 0. The van der Waals surface area contributed by atoms with Crippen LogP contribution >= 0.6 is 0 Å². The fourth-order valence-corrected chi connectivity index (χ4v) is 4.69. The maximum absolute atomic E-state index is 12.7. The number of anilines is 3. The lowest BCUT2D eigenvalue weighted by Gasteiger charge is -2.34. The highest BCUT2D eigenvalue weighted by Crippen LogP contribution is 2.60. The van der Waals surface area contributed by atoms with Crippen LogP contribution in [0.3, 0.4) is 0 Å². The summed E-state index contributed by atoms with van der Waals surface area (Å²) in [7, 11) is 0. The van der Waals surface area contributed by atoms with Gasteiger partial charge in [-0.2, -0.15) is 9.97 Å². The Bertz CT molecular complexity index is 679. The highest BCUT2D eigenvalue weighted by molar-refractivity contribution is 5.83. The van der Waals surface area contributed by atoms with E-state index in [0.717, 1.165) is 76.5 Å². The molecule has 2 saturated heterocycles. The van der Waals surface area contributed by atoms with Gasteiger partial charge < -0.3 is 20.9 Å². The summed E-state index contributed by atoms with van der Waals surface area (Å²) in [5.41, 5.74) is 6.18. The normalized spacial score (nSPS) is 23.7. The number of likely N-dealkylation sites (tertiary alicyclic amines) is 1. The second-order valence-electron chi connectivity index (χ2n) is 8.39. The Morgan fingerprint density at radius 2 is 2.00 bits per heavy atom. The molecule has 3 N–H and O–H groups in total. The van der Waals surface area contributed by atoms with E-state index in [1.165, 1.54) is 12.8 Å². The van der Waals surface area contributed by atoms with Crippen LogP contribution in [0.15, 0.2) is 6.07 Å². The molecule has 3 fully saturated rings. The first-order valence-corrected chi connectivity index (χ1v) is 10.5. The standard InChI is InChI=1S/C20H32N6O/c1-2-3-8-22-16-13-17(24-19(21)23-16)25-11-6-20(7-12-25)14-15(20)18(27)26-9-4-5-10-26/h13,15H,2-12,14H2,1H3,(H3,21,22,23,24). The van der Waals surface area contributed by atoms with Gasteiger partial charge in [0.2, 0.25) is 11.9 Å². The summed E-state index contributed by atoms with van der Waals surface area (Å²) in [5, 5.41) is 3.34. The molecular weight excluding hydrogens is 340 g/mol. The molecule has 1 spiro atoms.